The fourth-order valence-corrected chi connectivity index (χ4v) is 8.94. The molecular weight excluding hydrogens is 861 g/mol. The zero-order valence-electron chi connectivity index (χ0n) is 42.0. The number of carbonyl (C=O) groups excluding carboxylic acids is 1. The standard InChI is InChI=1S/C53H100O12S/c1-3-5-7-9-11-13-15-17-19-21-22-23-24-25-26-27-28-30-32-34-36-38-40-42-49(55)63-47(46-62-53-51(57)52(65-66(58,59)60)50(56)48(44-54)64-53)45-61-43-41-39-37-35-33-31-29-20-18-16-14-12-10-8-6-4-2/h18,20-22,47-48,50-54,56-57H,3-17,19,23-46H2,1-2H3,(H,58,59,60)/b20-18-,22-21-. The van der Waals surface area contributed by atoms with Crippen LogP contribution in [0.15, 0.2) is 24.3 Å². The summed E-state index contributed by atoms with van der Waals surface area (Å²) in [5.41, 5.74) is 0. The number of carbonyl (C=O) groups is 1. The molecule has 4 N–H and O–H groups in total. The summed E-state index contributed by atoms with van der Waals surface area (Å²) in [6.45, 7) is 4.01. The highest BCUT2D eigenvalue weighted by molar-refractivity contribution is 7.80. The first-order valence-corrected chi connectivity index (χ1v) is 28.5. The first-order chi connectivity index (χ1) is 32.1. The Kier molecular flexibility index (Phi) is 42.5. The Balaban J connectivity index is 2.32. The molecule has 1 aliphatic heterocycles. The fourth-order valence-electron chi connectivity index (χ4n) is 8.43. The van der Waals surface area contributed by atoms with Gasteiger partial charge in [0.1, 0.15) is 30.5 Å². The molecule has 1 rings (SSSR count). The van der Waals surface area contributed by atoms with Crippen molar-refractivity contribution in [3.63, 3.8) is 0 Å². The van der Waals surface area contributed by atoms with Gasteiger partial charge in [-0.3, -0.25) is 9.35 Å². The summed E-state index contributed by atoms with van der Waals surface area (Å²) >= 11 is 0. The maximum absolute atomic E-state index is 12.9. The van der Waals surface area contributed by atoms with Crippen LogP contribution >= 0.6 is 0 Å². The number of aliphatic hydroxyl groups is 3. The lowest BCUT2D eigenvalue weighted by Crippen LogP contribution is -2.60. The molecular formula is C53H100O12S. The lowest BCUT2D eigenvalue weighted by Gasteiger charge is -2.41. The Bertz CT molecular complexity index is 1250. The predicted molar refractivity (Wildman–Crippen MR) is 267 cm³/mol. The maximum Gasteiger partial charge on any atom is 0.397 e. The molecule has 0 aromatic carbocycles. The lowest BCUT2D eigenvalue weighted by molar-refractivity contribution is -0.301. The minimum Gasteiger partial charge on any atom is -0.457 e. The van der Waals surface area contributed by atoms with Gasteiger partial charge in [-0.1, -0.05) is 199 Å². The van der Waals surface area contributed by atoms with Gasteiger partial charge in [0.05, 0.1) is 19.8 Å². The van der Waals surface area contributed by atoms with Crippen LogP contribution < -0.4 is 0 Å². The number of unbranched alkanes of at least 4 members (excludes halogenated alkanes) is 31. The average Bonchev–Trinajstić information content (AvgIpc) is 3.29. The van der Waals surface area contributed by atoms with Crippen LogP contribution in [0, 0.1) is 0 Å². The summed E-state index contributed by atoms with van der Waals surface area (Å²) in [5, 5.41) is 30.8. The molecule has 0 aromatic rings. The normalized spacial score (nSPS) is 19.6. The van der Waals surface area contributed by atoms with Crippen LogP contribution in [0.3, 0.4) is 0 Å². The molecule has 66 heavy (non-hydrogen) atoms. The smallest absolute Gasteiger partial charge is 0.397 e. The first-order valence-electron chi connectivity index (χ1n) is 27.1. The van der Waals surface area contributed by atoms with E-state index in [9.17, 15) is 33.1 Å². The molecule has 0 bridgehead atoms. The van der Waals surface area contributed by atoms with Crippen LogP contribution in [0.5, 0.6) is 0 Å². The van der Waals surface area contributed by atoms with Crippen molar-refractivity contribution in [1.82, 2.24) is 0 Å². The van der Waals surface area contributed by atoms with Gasteiger partial charge in [-0.25, -0.2) is 4.18 Å². The quantitative estimate of drug-likeness (QED) is 0.0197. The number of hydrogen-bond donors (Lipinski definition) is 4. The summed E-state index contributed by atoms with van der Waals surface area (Å²) in [6, 6.07) is 0. The molecule has 0 aromatic heterocycles. The molecule has 0 radical (unpaired) electrons. The lowest BCUT2D eigenvalue weighted by atomic mass is 9.99. The molecule has 1 aliphatic rings. The Morgan fingerprint density at radius 2 is 0.955 bits per heavy atom. The second kappa shape index (κ2) is 44.8. The largest absolute Gasteiger partial charge is 0.457 e. The second-order valence-corrected chi connectivity index (χ2v) is 19.9. The van der Waals surface area contributed by atoms with Gasteiger partial charge in [0.15, 0.2) is 6.29 Å². The highest BCUT2D eigenvalue weighted by Gasteiger charge is 2.48. The van der Waals surface area contributed by atoms with E-state index < -0.39 is 59.8 Å². The number of hydrogen-bond acceptors (Lipinski definition) is 11. The molecule has 0 spiro atoms. The summed E-state index contributed by atoms with van der Waals surface area (Å²) in [5.74, 6) is -0.398. The summed E-state index contributed by atoms with van der Waals surface area (Å²) in [6.07, 6.45) is 43.5. The Morgan fingerprint density at radius 1 is 0.561 bits per heavy atom. The topological polar surface area (TPSA) is 178 Å². The molecule has 1 heterocycles. The van der Waals surface area contributed by atoms with E-state index in [0.717, 1.165) is 44.9 Å². The molecule has 0 amide bonds. The average molecular weight is 961 g/mol. The van der Waals surface area contributed by atoms with E-state index in [1.807, 2.05) is 0 Å². The van der Waals surface area contributed by atoms with Crippen molar-refractivity contribution in [3.05, 3.63) is 24.3 Å². The van der Waals surface area contributed by atoms with Gasteiger partial charge >= 0.3 is 16.4 Å². The third-order valence-corrected chi connectivity index (χ3v) is 13.0. The van der Waals surface area contributed by atoms with Gasteiger partial charge in [-0.15, -0.1) is 0 Å². The van der Waals surface area contributed by atoms with Crippen LogP contribution in [0.1, 0.15) is 245 Å². The second-order valence-electron chi connectivity index (χ2n) is 18.8. The third-order valence-electron chi connectivity index (χ3n) is 12.5. The van der Waals surface area contributed by atoms with Gasteiger partial charge in [0, 0.05) is 13.0 Å². The number of aliphatic hydroxyl groups excluding tert-OH is 3. The van der Waals surface area contributed by atoms with Gasteiger partial charge in [0.2, 0.25) is 0 Å². The Labute approximate surface area is 403 Å². The van der Waals surface area contributed by atoms with Crippen molar-refractivity contribution in [2.75, 3.05) is 26.4 Å². The van der Waals surface area contributed by atoms with Crippen LogP contribution in [0.2, 0.25) is 0 Å². The van der Waals surface area contributed by atoms with Crippen LogP contribution in [0.25, 0.3) is 0 Å². The Morgan fingerprint density at radius 3 is 1.36 bits per heavy atom. The highest BCUT2D eigenvalue weighted by Crippen LogP contribution is 2.26. The zero-order chi connectivity index (χ0) is 48.2. The van der Waals surface area contributed by atoms with Crippen molar-refractivity contribution < 1.29 is 56.2 Å². The molecule has 1 saturated heterocycles. The maximum atomic E-state index is 12.9. The van der Waals surface area contributed by atoms with E-state index in [1.54, 1.807) is 0 Å². The van der Waals surface area contributed by atoms with Crippen molar-refractivity contribution in [3.8, 4) is 0 Å². The monoisotopic (exact) mass is 961 g/mol. The van der Waals surface area contributed by atoms with Crippen molar-refractivity contribution in [2.24, 2.45) is 0 Å². The predicted octanol–water partition coefficient (Wildman–Crippen LogP) is 12.8. The molecule has 1 fully saturated rings. The molecule has 0 aliphatic carbocycles. The van der Waals surface area contributed by atoms with Crippen molar-refractivity contribution in [2.45, 2.75) is 282 Å². The van der Waals surface area contributed by atoms with Crippen LogP contribution in [0.4, 0.5) is 0 Å². The summed E-state index contributed by atoms with van der Waals surface area (Å²) in [4.78, 5) is 12.9. The molecule has 6 unspecified atom stereocenters. The number of ether oxygens (including phenoxy) is 4. The summed E-state index contributed by atoms with van der Waals surface area (Å²) in [7, 11) is -5.06. The van der Waals surface area contributed by atoms with Gasteiger partial charge < -0.3 is 34.3 Å². The van der Waals surface area contributed by atoms with Crippen LogP contribution in [-0.2, 0) is 38.3 Å². The van der Waals surface area contributed by atoms with Gasteiger partial charge in [-0.05, 0) is 64.2 Å². The van der Waals surface area contributed by atoms with Crippen molar-refractivity contribution >= 4 is 16.4 Å². The van der Waals surface area contributed by atoms with E-state index in [-0.39, 0.29) is 19.6 Å². The van der Waals surface area contributed by atoms with E-state index in [4.69, 9.17) is 18.9 Å². The fraction of sp³-hybridized carbons (Fsp3) is 0.906. The van der Waals surface area contributed by atoms with Gasteiger partial charge in [0.25, 0.3) is 0 Å². The minimum atomic E-state index is -5.06. The SMILES string of the molecule is CCCCCCCC/C=C\CCCCCCCCOCC(COC1OC(CO)C(O)C(OS(=O)(=O)O)C1O)OC(=O)CCCCCCCCCCCCC/C=C\CCCCCCCCCC. The Hall–Kier alpha value is -1.42. The molecule has 13 heteroatoms. The number of allylic oxidation sites excluding steroid dienone is 4. The molecule has 12 nitrogen and oxygen atoms in total. The van der Waals surface area contributed by atoms with E-state index in [0.29, 0.717) is 13.0 Å². The van der Waals surface area contributed by atoms with Crippen molar-refractivity contribution in [1.29, 1.82) is 0 Å². The first kappa shape index (κ1) is 62.6. The van der Waals surface area contributed by atoms with Gasteiger partial charge in [-0.2, -0.15) is 8.42 Å². The van der Waals surface area contributed by atoms with E-state index >= 15 is 0 Å². The zero-order valence-corrected chi connectivity index (χ0v) is 42.8. The van der Waals surface area contributed by atoms with E-state index in [2.05, 4.69) is 42.3 Å². The molecule has 0 saturated carbocycles. The molecule has 6 atom stereocenters. The summed E-state index contributed by atoms with van der Waals surface area (Å²) < 4.78 is 59.3. The van der Waals surface area contributed by atoms with E-state index in [1.165, 1.54) is 173 Å². The minimum absolute atomic E-state index is 0.0348. The third kappa shape index (κ3) is 37.5. The highest BCUT2D eigenvalue weighted by atomic mass is 32.3. The molecule has 390 valence electrons. The number of esters is 1. The van der Waals surface area contributed by atoms with Crippen LogP contribution in [-0.4, -0.2) is 97.5 Å². The number of rotatable bonds is 48.